The highest BCUT2D eigenvalue weighted by Gasteiger charge is 2.37. The average Bonchev–Trinajstić information content (AvgIpc) is 2.46. The van der Waals surface area contributed by atoms with Gasteiger partial charge in [-0.15, -0.1) is 0 Å². The molecule has 1 unspecified atom stereocenters. The van der Waals surface area contributed by atoms with Gasteiger partial charge in [0.25, 0.3) is 0 Å². The van der Waals surface area contributed by atoms with Gasteiger partial charge in [-0.1, -0.05) is 5.11 Å². The van der Waals surface area contributed by atoms with Gasteiger partial charge in [-0.05, 0) is 41.7 Å². The summed E-state index contributed by atoms with van der Waals surface area (Å²) in [6, 6.07) is 0.316. The van der Waals surface area contributed by atoms with Crippen LogP contribution in [0.4, 0.5) is 0 Å². The molecule has 0 aromatic heterocycles. The van der Waals surface area contributed by atoms with E-state index in [1.54, 1.807) is 0 Å². The van der Waals surface area contributed by atoms with Crippen LogP contribution in [0, 0.1) is 11.8 Å². The van der Waals surface area contributed by atoms with Gasteiger partial charge in [0.15, 0.2) is 0 Å². The van der Waals surface area contributed by atoms with E-state index >= 15 is 0 Å². The third-order valence-electron chi connectivity index (χ3n) is 2.70. The van der Waals surface area contributed by atoms with E-state index in [1.807, 2.05) is 0 Å². The highest BCUT2D eigenvalue weighted by molar-refractivity contribution is 7.99. The van der Waals surface area contributed by atoms with Crippen molar-refractivity contribution in [2.45, 2.75) is 18.9 Å². The highest BCUT2D eigenvalue weighted by atomic mass is 32.2. The van der Waals surface area contributed by atoms with Crippen molar-refractivity contribution < 1.29 is 0 Å². The molecule has 1 heterocycles. The Bertz CT molecular complexity index is 188. The zero-order valence-electron chi connectivity index (χ0n) is 6.31. The second kappa shape index (κ2) is 2.95. The first-order chi connectivity index (χ1) is 5.40. The summed E-state index contributed by atoms with van der Waals surface area (Å²) in [4.78, 5) is 2.86. The molecule has 2 fully saturated rings. The highest BCUT2D eigenvalue weighted by Crippen LogP contribution is 2.43. The molecule has 1 aliphatic carbocycles. The van der Waals surface area contributed by atoms with Crippen LogP contribution in [0.5, 0.6) is 0 Å². The van der Waals surface area contributed by atoms with Crippen molar-refractivity contribution in [3.63, 3.8) is 0 Å². The monoisotopic (exact) mass is 169 g/mol. The van der Waals surface area contributed by atoms with Crippen LogP contribution in [0.1, 0.15) is 12.8 Å². The van der Waals surface area contributed by atoms with Crippen molar-refractivity contribution >= 4 is 11.8 Å². The summed E-state index contributed by atoms with van der Waals surface area (Å²) < 4.78 is 0. The van der Waals surface area contributed by atoms with Crippen LogP contribution in [0.25, 0.3) is 10.4 Å². The summed E-state index contributed by atoms with van der Waals surface area (Å²) in [6.07, 6.45) is 2.28. The molecule has 0 bridgehead atoms. The molecular formula is C7H11N3S. The number of hydrogen-bond acceptors (Lipinski definition) is 2. The Labute approximate surface area is 70.2 Å². The van der Waals surface area contributed by atoms with Crippen LogP contribution in [-0.4, -0.2) is 17.5 Å². The van der Waals surface area contributed by atoms with E-state index in [0.29, 0.717) is 6.04 Å². The lowest BCUT2D eigenvalue weighted by Gasteiger charge is -2.03. The first-order valence-electron chi connectivity index (χ1n) is 4.02. The maximum absolute atomic E-state index is 8.24. The number of hydrogen-bond donors (Lipinski definition) is 0. The lowest BCUT2D eigenvalue weighted by atomic mass is 10.0. The number of rotatable bonds is 1. The topological polar surface area (TPSA) is 48.8 Å². The summed E-state index contributed by atoms with van der Waals surface area (Å²) in [5.74, 6) is 4.30. The minimum Gasteiger partial charge on any atom is -0.161 e. The summed E-state index contributed by atoms with van der Waals surface area (Å²) in [6.45, 7) is 0. The summed E-state index contributed by atoms with van der Waals surface area (Å²) in [5, 5.41) is 3.78. The molecule has 1 aliphatic heterocycles. The average molecular weight is 169 g/mol. The summed E-state index contributed by atoms with van der Waals surface area (Å²) >= 11 is 2.05. The zero-order chi connectivity index (χ0) is 7.68. The molecule has 11 heavy (non-hydrogen) atoms. The van der Waals surface area contributed by atoms with Crippen LogP contribution in [0.2, 0.25) is 0 Å². The molecule has 4 heteroatoms. The van der Waals surface area contributed by atoms with Crippen LogP contribution < -0.4 is 0 Å². The fraction of sp³-hybridized carbons (Fsp3) is 1.00. The Morgan fingerprint density at radius 1 is 1.27 bits per heavy atom. The second-order valence-corrected chi connectivity index (χ2v) is 4.46. The van der Waals surface area contributed by atoms with Gasteiger partial charge in [0.1, 0.15) is 0 Å². The molecule has 0 N–H and O–H groups in total. The molecular weight excluding hydrogens is 158 g/mol. The van der Waals surface area contributed by atoms with Crippen molar-refractivity contribution in [3.8, 4) is 0 Å². The van der Waals surface area contributed by atoms with Crippen molar-refractivity contribution in [1.29, 1.82) is 0 Å². The molecule has 0 amide bonds. The smallest absolute Gasteiger partial charge is 0.0380 e. The molecule has 60 valence electrons. The van der Waals surface area contributed by atoms with Gasteiger partial charge in [-0.2, -0.15) is 11.8 Å². The first kappa shape index (κ1) is 7.32. The SMILES string of the molecule is [N-]=[N+]=NC1C[C@H]2CSC[C@H]2C1. The standard InChI is InChI=1S/C7H11N3S/c8-10-9-7-1-5-3-11-4-6(5)2-7/h5-7H,1-4H2/t5-,6+,7?. The maximum Gasteiger partial charge on any atom is 0.0380 e. The third kappa shape index (κ3) is 1.33. The third-order valence-corrected chi connectivity index (χ3v) is 4.02. The van der Waals surface area contributed by atoms with Gasteiger partial charge in [-0.3, -0.25) is 0 Å². The second-order valence-electron chi connectivity index (χ2n) is 3.39. The van der Waals surface area contributed by atoms with Gasteiger partial charge in [-0.25, -0.2) is 0 Å². The van der Waals surface area contributed by atoms with Gasteiger partial charge >= 0.3 is 0 Å². The van der Waals surface area contributed by atoms with E-state index in [1.165, 1.54) is 11.5 Å². The van der Waals surface area contributed by atoms with Gasteiger partial charge in [0.2, 0.25) is 0 Å². The van der Waals surface area contributed by atoms with Crippen LogP contribution in [-0.2, 0) is 0 Å². The largest absolute Gasteiger partial charge is 0.161 e. The van der Waals surface area contributed by atoms with Crippen molar-refractivity contribution in [2.75, 3.05) is 11.5 Å². The molecule has 1 saturated heterocycles. The Kier molecular flexibility index (Phi) is 1.96. The Balaban J connectivity index is 1.99. The normalized spacial score (nSPS) is 41.6. The minimum atomic E-state index is 0.316. The fourth-order valence-electron chi connectivity index (χ4n) is 2.13. The predicted molar refractivity (Wildman–Crippen MR) is 46.5 cm³/mol. The molecule has 0 spiro atoms. The van der Waals surface area contributed by atoms with Crippen molar-refractivity contribution in [2.24, 2.45) is 17.0 Å². The van der Waals surface area contributed by atoms with Crippen molar-refractivity contribution in [1.82, 2.24) is 0 Å². The van der Waals surface area contributed by atoms with Crippen LogP contribution in [0.15, 0.2) is 5.11 Å². The van der Waals surface area contributed by atoms with E-state index in [4.69, 9.17) is 5.53 Å². The Morgan fingerprint density at radius 2 is 1.91 bits per heavy atom. The molecule has 3 nitrogen and oxygen atoms in total. The molecule has 0 aromatic rings. The number of azide groups is 1. The zero-order valence-corrected chi connectivity index (χ0v) is 7.13. The first-order valence-corrected chi connectivity index (χ1v) is 5.17. The summed E-state index contributed by atoms with van der Waals surface area (Å²) in [5.41, 5.74) is 8.24. The molecule has 2 rings (SSSR count). The van der Waals surface area contributed by atoms with E-state index in [9.17, 15) is 0 Å². The number of nitrogens with zero attached hydrogens (tertiary/aromatic N) is 3. The number of fused-ring (bicyclic) bond motifs is 1. The van der Waals surface area contributed by atoms with Crippen molar-refractivity contribution in [3.05, 3.63) is 10.4 Å². The molecule has 0 radical (unpaired) electrons. The van der Waals surface area contributed by atoms with Crippen LogP contribution >= 0.6 is 11.8 Å². The Morgan fingerprint density at radius 3 is 2.45 bits per heavy atom. The molecule has 3 atom stereocenters. The van der Waals surface area contributed by atoms with Crippen LogP contribution in [0.3, 0.4) is 0 Å². The lowest BCUT2D eigenvalue weighted by Crippen LogP contribution is -2.01. The van der Waals surface area contributed by atoms with E-state index in [-0.39, 0.29) is 0 Å². The number of thioether (sulfide) groups is 1. The Hall–Kier alpha value is -0.340. The van der Waals surface area contributed by atoms with E-state index in [2.05, 4.69) is 21.8 Å². The maximum atomic E-state index is 8.24. The van der Waals surface area contributed by atoms with E-state index < -0.39 is 0 Å². The summed E-state index contributed by atoms with van der Waals surface area (Å²) in [7, 11) is 0. The minimum absolute atomic E-state index is 0.316. The van der Waals surface area contributed by atoms with E-state index in [0.717, 1.165) is 24.7 Å². The molecule has 2 aliphatic rings. The fourth-order valence-corrected chi connectivity index (χ4v) is 3.68. The predicted octanol–water partition coefficient (Wildman–Crippen LogP) is 2.44. The van der Waals surface area contributed by atoms with Gasteiger partial charge in [0, 0.05) is 11.0 Å². The molecule has 1 saturated carbocycles. The molecule has 0 aromatic carbocycles. The van der Waals surface area contributed by atoms with Gasteiger partial charge in [0.05, 0.1) is 0 Å². The lowest BCUT2D eigenvalue weighted by molar-refractivity contribution is 0.494. The van der Waals surface area contributed by atoms with Gasteiger partial charge < -0.3 is 0 Å². The quantitative estimate of drug-likeness (QED) is 0.338.